The van der Waals surface area contributed by atoms with Gasteiger partial charge in [0.2, 0.25) is 0 Å². The number of hydrogen-bond acceptors (Lipinski definition) is 4. The zero-order valence-electron chi connectivity index (χ0n) is 20.6. The molecule has 0 spiro atoms. The average molecular weight is 468 g/mol. The lowest BCUT2D eigenvalue weighted by atomic mass is 9.85. The van der Waals surface area contributed by atoms with Gasteiger partial charge in [-0.3, -0.25) is 4.98 Å². The number of aromatic nitrogens is 1. The minimum Gasteiger partial charge on any atom is -0.461 e. The molecule has 0 N–H and O–H groups in total. The standard InChI is InChI=1S/C30H29NO2S/c1-16(2)11-24-17(3)20-14-21-26(15-25(20)33-24)32-23-7-9-31-28(27(21)23)19-12-18-8-10-34-29(18)22(13-19)30(4,5)6/h7-10,12-16H,11H2,1-6H3. The molecule has 0 fully saturated rings. The SMILES string of the molecule is Cc1c(CC(C)C)oc2cc3oc4ccnc(-c5cc(C(C)(C)C)c6sccc6c5)c4c3cc12. The summed E-state index contributed by atoms with van der Waals surface area (Å²) in [5, 5.41) is 6.76. The molecule has 4 aromatic heterocycles. The smallest absolute Gasteiger partial charge is 0.139 e. The highest BCUT2D eigenvalue weighted by Crippen LogP contribution is 2.42. The largest absolute Gasteiger partial charge is 0.461 e. The van der Waals surface area contributed by atoms with E-state index < -0.39 is 0 Å². The van der Waals surface area contributed by atoms with Crippen molar-refractivity contribution in [3.8, 4) is 11.3 Å². The van der Waals surface area contributed by atoms with Crippen LogP contribution in [0.25, 0.3) is 54.3 Å². The molecule has 0 atom stereocenters. The summed E-state index contributed by atoms with van der Waals surface area (Å²) < 4.78 is 13.9. The van der Waals surface area contributed by atoms with Crippen LogP contribution in [0.1, 0.15) is 51.5 Å². The Hall–Kier alpha value is -3.11. The Morgan fingerprint density at radius 3 is 2.50 bits per heavy atom. The van der Waals surface area contributed by atoms with Crippen molar-refractivity contribution < 1.29 is 8.83 Å². The summed E-state index contributed by atoms with van der Waals surface area (Å²) in [6.45, 7) is 13.4. The third kappa shape index (κ3) is 3.27. The number of pyridine rings is 1. The number of rotatable bonds is 3. The molecule has 0 saturated heterocycles. The van der Waals surface area contributed by atoms with Gasteiger partial charge in [-0.05, 0) is 70.5 Å². The lowest BCUT2D eigenvalue weighted by Gasteiger charge is -2.21. The van der Waals surface area contributed by atoms with Gasteiger partial charge in [-0.15, -0.1) is 11.3 Å². The van der Waals surface area contributed by atoms with E-state index in [0.29, 0.717) is 5.92 Å². The van der Waals surface area contributed by atoms with Gasteiger partial charge in [0.15, 0.2) is 0 Å². The maximum atomic E-state index is 6.32. The summed E-state index contributed by atoms with van der Waals surface area (Å²) in [6, 6.07) is 13.0. The molecule has 0 bridgehead atoms. The molecule has 0 aliphatic carbocycles. The van der Waals surface area contributed by atoms with E-state index in [9.17, 15) is 0 Å². The number of aryl methyl sites for hydroxylation is 1. The number of hydrogen-bond donors (Lipinski definition) is 0. The van der Waals surface area contributed by atoms with Crippen molar-refractivity contribution in [2.45, 2.75) is 53.4 Å². The first-order valence-corrected chi connectivity index (χ1v) is 12.8. The van der Waals surface area contributed by atoms with E-state index >= 15 is 0 Å². The maximum Gasteiger partial charge on any atom is 0.139 e. The van der Waals surface area contributed by atoms with E-state index in [2.05, 4.69) is 71.2 Å². The normalized spacial score (nSPS) is 12.8. The van der Waals surface area contributed by atoms with Crippen LogP contribution in [0.4, 0.5) is 0 Å². The Kier molecular flexibility index (Phi) is 4.69. The first-order chi connectivity index (χ1) is 16.2. The molecule has 0 amide bonds. The van der Waals surface area contributed by atoms with Crippen LogP contribution in [0.3, 0.4) is 0 Å². The maximum absolute atomic E-state index is 6.32. The van der Waals surface area contributed by atoms with Gasteiger partial charge in [0.05, 0.1) is 11.1 Å². The second-order valence-electron chi connectivity index (χ2n) is 10.8. The second-order valence-corrected chi connectivity index (χ2v) is 11.8. The van der Waals surface area contributed by atoms with Crippen molar-refractivity contribution in [1.82, 2.24) is 4.98 Å². The third-order valence-corrected chi connectivity index (χ3v) is 7.73. The predicted molar refractivity (Wildman–Crippen MR) is 144 cm³/mol. The van der Waals surface area contributed by atoms with Gasteiger partial charge in [0, 0.05) is 39.7 Å². The fourth-order valence-electron chi connectivity index (χ4n) is 5.05. The van der Waals surface area contributed by atoms with Crippen molar-refractivity contribution >= 4 is 54.3 Å². The summed E-state index contributed by atoms with van der Waals surface area (Å²) in [4.78, 5) is 4.88. The Labute approximate surface area is 203 Å². The van der Waals surface area contributed by atoms with E-state index in [1.165, 1.54) is 21.2 Å². The molecular formula is C30H29NO2S. The molecule has 0 aliphatic rings. The highest BCUT2D eigenvalue weighted by atomic mass is 32.1. The summed E-state index contributed by atoms with van der Waals surface area (Å²) >= 11 is 1.81. The van der Waals surface area contributed by atoms with Gasteiger partial charge < -0.3 is 8.83 Å². The van der Waals surface area contributed by atoms with Crippen molar-refractivity contribution in [3.63, 3.8) is 0 Å². The Balaban J connectivity index is 1.64. The first-order valence-electron chi connectivity index (χ1n) is 12.0. The van der Waals surface area contributed by atoms with Crippen LogP contribution in [0.15, 0.2) is 56.8 Å². The molecule has 4 heteroatoms. The van der Waals surface area contributed by atoms with Gasteiger partial charge in [-0.1, -0.05) is 34.6 Å². The predicted octanol–water partition coefficient (Wildman–Crippen LogP) is 9.41. The fourth-order valence-corrected chi connectivity index (χ4v) is 6.15. The van der Waals surface area contributed by atoms with E-state index in [1.807, 2.05) is 29.7 Å². The Morgan fingerprint density at radius 1 is 0.941 bits per heavy atom. The van der Waals surface area contributed by atoms with E-state index in [1.54, 1.807) is 0 Å². The lowest BCUT2D eigenvalue weighted by molar-refractivity contribution is 0.496. The zero-order chi connectivity index (χ0) is 23.8. The van der Waals surface area contributed by atoms with Gasteiger partial charge in [-0.25, -0.2) is 0 Å². The summed E-state index contributed by atoms with van der Waals surface area (Å²) in [6.07, 6.45) is 2.79. The van der Waals surface area contributed by atoms with Crippen LogP contribution in [0.5, 0.6) is 0 Å². The number of fused-ring (bicyclic) bond motifs is 5. The van der Waals surface area contributed by atoms with E-state index in [-0.39, 0.29) is 5.41 Å². The minimum atomic E-state index is 0.0400. The second kappa shape index (κ2) is 7.44. The molecule has 3 nitrogen and oxygen atoms in total. The zero-order valence-corrected chi connectivity index (χ0v) is 21.4. The number of benzene rings is 2. The van der Waals surface area contributed by atoms with Gasteiger partial charge in [0.25, 0.3) is 0 Å². The molecular weight excluding hydrogens is 438 g/mol. The van der Waals surface area contributed by atoms with E-state index in [4.69, 9.17) is 13.8 Å². The molecule has 0 unspecified atom stereocenters. The molecule has 0 radical (unpaired) electrons. The average Bonchev–Trinajstić information content (AvgIpc) is 3.46. The van der Waals surface area contributed by atoms with Gasteiger partial charge in [-0.2, -0.15) is 0 Å². The van der Waals surface area contributed by atoms with Crippen molar-refractivity contribution in [2.24, 2.45) is 5.92 Å². The number of thiophene rings is 1. The monoisotopic (exact) mass is 467 g/mol. The van der Waals surface area contributed by atoms with Gasteiger partial charge in [0.1, 0.15) is 22.5 Å². The van der Waals surface area contributed by atoms with Crippen molar-refractivity contribution in [2.75, 3.05) is 0 Å². The molecule has 0 aliphatic heterocycles. The molecule has 4 heterocycles. The molecule has 6 aromatic rings. The Bertz CT molecular complexity index is 1710. The third-order valence-electron chi connectivity index (χ3n) is 6.77. The number of furan rings is 2. The summed E-state index contributed by atoms with van der Waals surface area (Å²) in [7, 11) is 0. The van der Waals surface area contributed by atoms with Crippen LogP contribution in [-0.4, -0.2) is 4.98 Å². The van der Waals surface area contributed by atoms with Gasteiger partial charge >= 0.3 is 0 Å². The van der Waals surface area contributed by atoms with Crippen LogP contribution in [0, 0.1) is 12.8 Å². The molecule has 2 aromatic carbocycles. The summed E-state index contributed by atoms with van der Waals surface area (Å²) in [5.41, 5.74) is 7.31. The highest BCUT2D eigenvalue weighted by molar-refractivity contribution is 7.17. The molecule has 34 heavy (non-hydrogen) atoms. The van der Waals surface area contributed by atoms with Crippen LogP contribution in [-0.2, 0) is 11.8 Å². The molecule has 6 rings (SSSR count). The van der Waals surface area contributed by atoms with Crippen molar-refractivity contribution in [1.29, 1.82) is 0 Å². The minimum absolute atomic E-state index is 0.0400. The van der Waals surface area contributed by atoms with E-state index in [0.717, 1.165) is 56.3 Å². The lowest BCUT2D eigenvalue weighted by Crippen LogP contribution is -2.11. The van der Waals surface area contributed by atoms with Crippen LogP contribution in [0.2, 0.25) is 0 Å². The Morgan fingerprint density at radius 2 is 1.74 bits per heavy atom. The summed E-state index contributed by atoms with van der Waals surface area (Å²) in [5.74, 6) is 1.61. The quantitative estimate of drug-likeness (QED) is 0.260. The molecule has 172 valence electrons. The first kappa shape index (κ1) is 21.4. The van der Waals surface area contributed by atoms with Crippen LogP contribution >= 0.6 is 11.3 Å². The fraction of sp³-hybridized carbons (Fsp3) is 0.300. The molecule has 0 saturated carbocycles. The number of nitrogens with zero attached hydrogens (tertiary/aromatic N) is 1. The van der Waals surface area contributed by atoms with Crippen molar-refractivity contribution in [3.05, 3.63) is 64.9 Å². The topological polar surface area (TPSA) is 39.2 Å². The highest BCUT2D eigenvalue weighted by Gasteiger charge is 2.22. The van der Waals surface area contributed by atoms with Crippen LogP contribution < -0.4 is 0 Å².